The second-order valence-electron chi connectivity index (χ2n) is 6.75. The number of hydrogen-bond acceptors (Lipinski definition) is 3. The van der Waals surface area contributed by atoms with Gasteiger partial charge in [0.2, 0.25) is 0 Å². The topological polar surface area (TPSA) is 84.7 Å². The molecule has 0 spiro atoms. The first kappa shape index (κ1) is 18.7. The van der Waals surface area contributed by atoms with E-state index in [0.29, 0.717) is 19.5 Å². The van der Waals surface area contributed by atoms with E-state index in [0.717, 1.165) is 22.3 Å². The molecule has 8 heteroatoms. The second-order valence-corrected chi connectivity index (χ2v) is 6.75. The molecule has 0 saturated heterocycles. The first-order valence-corrected chi connectivity index (χ1v) is 9.28. The van der Waals surface area contributed by atoms with Gasteiger partial charge in [-0.15, -0.1) is 0 Å². The van der Waals surface area contributed by atoms with Crippen LogP contribution in [0.15, 0.2) is 59.4 Å². The Morgan fingerprint density at radius 3 is 2.72 bits per heavy atom. The maximum Gasteiger partial charge on any atom is 0.326 e. The van der Waals surface area contributed by atoms with E-state index in [2.05, 4.69) is 15.4 Å². The number of nitrogens with zero attached hydrogens (tertiary/aromatic N) is 3. The van der Waals surface area contributed by atoms with Crippen molar-refractivity contribution in [3.63, 3.8) is 0 Å². The van der Waals surface area contributed by atoms with Crippen molar-refractivity contribution in [1.82, 2.24) is 24.6 Å². The summed E-state index contributed by atoms with van der Waals surface area (Å²) in [6, 6.07) is 15.2. The number of halogens is 1. The molecule has 7 nitrogen and oxygen atoms in total. The van der Waals surface area contributed by atoms with Crippen LogP contribution in [0.25, 0.3) is 22.3 Å². The second kappa shape index (κ2) is 7.75. The minimum absolute atomic E-state index is 0.161. The molecular weight excluding hydrogens is 373 g/mol. The fraction of sp³-hybridized carbons (Fsp3) is 0.190. The Morgan fingerprint density at radius 2 is 1.93 bits per heavy atom. The summed E-state index contributed by atoms with van der Waals surface area (Å²) in [4.78, 5) is 27.3. The molecule has 1 amide bonds. The van der Waals surface area contributed by atoms with E-state index in [9.17, 15) is 14.0 Å². The summed E-state index contributed by atoms with van der Waals surface area (Å²) in [6.45, 7) is 0.902. The minimum Gasteiger partial charge on any atom is -0.351 e. The number of aromatic nitrogens is 4. The van der Waals surface area contributed by atoms with Gasteiger partial charge < -0.3 is 10.3 Å². The van der Waals surface area contributed by atoms with Gasteiger partial charge in [-0.25, -0.2) is 9.18 Å². The molecule has 0 fully saturated rings. The molecule has 148 valence electrons. The van der Waals surface area contributed by atoms with Gasteiger partial charge in [0, 0.05) is 20.1 Å². The molecule has 0 atom stereocenters. The number of amides is 1. The Bertz CT molecular complexity index is 1220. The Labute approximate surface area is 165 Å². The Kier molecular flexibility index (Phi) is 4.99. The van der Waals surface area contributed by atoms with E-state index in [1.807, 2.05) is 24.3 Å². The molecule has 2 aromatic carbocycles. The third-order valence-corrected chi connectivity index (χ3v) is 4.78. The molecular formula is C21H20FN5O2. The van der Waals surface area contributed by atoms with E-state index in [1.54, 1.807) is 34.5 Å². The van der Waals surface area contributed by atoms with E-state index in [4.69, 9.17) is 0 Å². The number of nitrogens with one attached hydrogen (secondary N) is 2. The van der Waals surface area contributed by atoms with E-state index >= 15 is 0 Å². The highest BCUT2D eigenvalue weighted by Gasteiger charge is 2.14. The molecule has 0 radical (unpaired) electrons. The van der Waals surface area contributed by atoms with Gasteiger partial charge in [0.1, 0.15) is 5.82 Å². The van der Waals surface area contributed by atoms with Gasteiger partial charge in [0.25, 0.3) is 5.91 Å². The minimum atomic E-state index is -0.316. The number of hydrogen-bond donors (Lipinski definition) is 2. The van der Waals surface area contributed by atoms with Crippen LogP contribution in [0.3, 0.4) is 0 Å². The van der Waals surface area contributed by atoms with Gasteiger partial charge in [0.05, 0.1) is 16.7 Å². The van der Waals surface area contributed by atoms with Crippen LogP contribution >= 0.6 is 0 Å². The summed E-state index contributed by atoms with van der Waals surface area (Å²) in [5, 5.41) is 7.07. The van der Waals surface area contributed by atoms with Gasteiger partial charge in [-0.1, -0.05) is 12.1 Å². The molecule has 4 aromatic rings. The number of aryl methyl sites for hydroxylation is 2. The molecule has 29 heavy (non-hydrogen) atoms. The maximum atomic E-state index is 13.1. The van der Waals surface area contributed by atoms with Crippen molar-refractivity contribution >= 4 is 16.9 Å². The van der Waals surface area contributed by atoms with Crippen molar-refractivity contribution in [1.29, 1.82) is 0 Å². The monoisotopic (exact) mass is 393 g/mol. The van der Waals surface area contributed by atoms with Gasteiger partial charge in [-0.3, -0.25) is 14.0 Å². The van der Waals surface area contributed by atoms with Gasteiger partial charge in [-0.05, 0) is 54.4 Å². The van der Waals surface area contributed by atoms with Crippen LogP contribution in [0.5, 0.6) is 0 Å². The lowest BCUT2D eigenvalue weighted by molar-refractivity contribution is 0.0947. The average molecular weight is 393 g/mol. The van der Waals surface area contributed by atoms with Crippen LogP contribution < -0.4 is 11.0 Å². The van der Waals surface area contributed by atoms with Crippen LogP contribution in [0.4, 0.5) is 4.39 Å². The van der Waals surface area contributed by atoms with Crippen molar-refractivity contribution in [3.8, 4) is 11.3 Å². The average Bonchev–Trinajstić information content (AvgIpc) is 3.25. The van der Waals surface area contributed by atoms with Crippen molar-refractivity contribution in [3.05, 3.63) is 76.6 Å². The number of aromatic amines is 1. The number of fused-ring (bicyclic) bond motifs is 1. The summed E-state index contributed by atoms with van der Waals surface area (Å²) in [5.74, 6) is -0.608. The third-order valence-electron chi connectivity index (χ3n) is 4.78. The molecule has 0 aliphatic carbocycles. The molecule has 2 aromatic heterocycles. The first-order chi connectivity index (χ1) is 14.0. The zero-order valence-electron chi connectivity index (χ0n) is 15.9. The maximum absolute atomic E-state index is 13.1. The number of benzene rings is 2. The lowest BCUT2D eigenvalue weighted by Gasteiger charge is -2.05. The summed E-state index contributed by atoms with van der Waals surface area (Å²) in [5.41, 5.74) is 3.27. The molecule has 0 aliphatic heterocycles. The van der Waals surface area contributed by atoms with E-state index in [1.165, 1.54) is 12.1 Å². The molecule has 0 saturated carbocycles. The molecule has 2 N–H and O–H groups in total. The largest absolute Gasteiger partial charge is 0.351 e. The van der Waals surface area contributed by atoms with Crippen molar-refractivity contribution in [2.45, 2.75) is 13.0 Å². The van der Waals surface area contributed by atoms with Crippen molar-refractivity contribution in [2.75, 3.05) is 6.54 Å². The zero-order valence-corrected chi connectivity index (χ0v) is 15.9. The standard InChI is InChI=1S/C21H20FN5O2/c1-26-19(14-7-9-15(22)10-8-14)13-17(25-26)20(28)23-11-4-12-27-18-6-3-2-5-16(18)24-21(27)29/h2-3,5-10,13H,4,11-12H2,1H3,(H,23,28)(H,24,29). The summed E-state index contributed by atoms with van der Waals surface area (Å²) < 4.78 is 16.4. The smallest absolute Gasteiger partial charge is 0.326 e. The first-order valence-electron chi connectivity index (χ1n) is 9.28. The molecule has 0 bridgehead atoms. The highest BCUT2D eigenvalue weighted by atomic mass is 19.1. The Hall–Kier alpha value is -3.68. The number of rotatable bonds is 6. The van der Waals surface area contributed by atoms with Crippen LogP contribution in [0.1, 0.15) is 16.9 Å². The molecule has 0 unspecified atom stereocenters. The number of H-pyrrole nitrogens is 1. The molecule has 0 aliphatic rings. The summed E-state index contributed by atoms with van der Waals surface area (Å²) in [6.07, 6.45) is 0.602. The van der Waals surface area contributed by atoms with Crippen LogP contribution in [-0.2, 0) is 13.6 Å². The third kappa shape index (κ3) is 3.82. The zero-order chi connectivity index (χ0) is 20.4. The lowest BCUT2D eigenvalue weighted by atomic mass is 10.1. The number of para-hydroxylation sites is 2. The predicted octanol–water partition coefficient (Wildman–Crippen LogP) is 2.69. The van der Waals surface area contributed by atoms with Gasteiger partial charge in [0.15, 0.2) is 5.69 Å². The van der Waals surface area contributed by atoms with E-state index in [-0.39, 0.29) is 23.1 Å². The quantitative estimate of drug-likeness (QED) is 0.494. The normalized spacial score (nSPS) is 11.1. The van der Waals surface area contributed by atoms with Crippen LogP contribution in [0.2, 0.25) is 0 Å². The number of carbonyl (C=O) groups is 1. The Morgan fingerprint density at radius 1 is 1.17 bits per heavy atom. The Balaban J connectivity index is 1.38. The van der Waals surface area contributed by atoms with Crippen LogP contribution in [-0.4, -0.2) is 31.8 Å². The number of imidazole rings is 1. The van der Waals surface area contributed by atoms with Gasteiger partial charge in [-0.2, -0.15) is 5.10 Å². The summed E-state index contributed by atoms with van der Waals surface area (Å²) in [7, 11) is 1.74. The highest BCUT2D eigenvalue weighted by Crippen LogP contribution is 2.20. The van der Waals surface area contributed by atoms with Gasteiger partial charge >= 0.3 is 5.69 Å². The molecule has 2 heterocycles. The lowest BCUT2D eigenvalue weighted by Crippen LogP contribution is -2.27. The predicted molar refractivity (Wildman–Crippen MR) is 108 cm³/mol. The number of carbonyl (C=O) groups excluding carboxylic acids is 1. The van der Waals surface area contributed by atoms with Crippen molar-refractivity contribution in [2.24, 2.45) is 7.05 Å². The summed E-state index contributed by atoms with van der Waals surface area (Å²) >= 11 is 0. The fourth-order valence-corrected chi connectivity index (χ4v) is 3.33. The van der Waals surface area contributed by atoms with E-state index < -0.39 is 0 Å². The van der Waals surface area contributed by atoms with Crippen LogP contribution in [0, 0.1) is 5.82 Å². The van der Waals surface area contributed by atoms with Crippen molar-refractivity contribution < 1.29 is 9.18 Å². The molecule has 4 rings (SSSR count). The SMILES string of the molecule is Cn1nc(C(=O)NCCCn2c(=O)[nH]c3ccccc32)cc1-c1ccc(F)cc1. The highest BCUT2D eigenvalue weighted by molar-refractivity contribution is 5.93. The fourth-order valence-electron chi connectivity index (χ4n) is 3.33.